The second kappa shape index (κ2) is 8.57. The van der Waals surface area contributed by atoms with Gasteiger partial charge < -0.3 is 19.8 Å². The average Bonchev–Trinajstić information content (AvgIpc) is 3.23. The summed E-state index contributed by atoms with van der Waals surface area (Å²) in [5.41, 5.74) is 4.71. The van der Waals surface area contributed by atoms with E-state index in [-0.39, 0.29) is 6.10 Å². The first-order valence-electron chi connectivity index (χ1n) is 10.4. The molecule has 158 valence electrons. The number of methoxy groups -OCH3 is 1. The highest BCUT2D eigenvalue weighted by atomic mass is 35.5. The average molecular weight is 435 g/mol. The number of halogens is 1. The van der Waals surface area contributed by atoms with Crippen LogP contribution in [0.4, 0.5) is 0 Å². The number of aromatic nitrogens is 3. The predicted molar refractivity (Wildman–Crippen MR) is 123 cm³/mol. The predicted octanol–water partition coefficient (Wildman–Crippen LogP) is 5.08. The third-order valence-corrected chi connectivity index (χ3v) is 5.82. The second-order valence-corrected chi connectivity index (χ2v) is 8.07. The number of H-pyrrole nitrogens is 1. The fraction of sp³-hybridized carbons (Fsp3) is 0.250. The molecule has 0 saturated carbocycles. The minimum absolute atomic E-state index is 0.128. The number of aromatic amines is 1. The van der Waals surface area contributed by atoms with Gasteiger partial charge in [-0.3, -0.25) is 4.98 Å². The molecular formula is C24H23ClN4O2. The Labute approximate surface area is 185 Å². The van der Waals surface area contributed by atoms with Gasteiger partial charge in [0.05, 0.1) is 25.2 Å². The highest BCUT2D eigenvalue weighted by Crippen LogP contribution is 2.36. The zero-order chi connectivity index (χ0) is 21.2. The van der Waals surface area contributed by atoms with Crippen LogP contribution in [-0.4, -0.2) is 41.3 Å². The van der Waals surface area contributed by atoms with Gasteiger partial charge in [0.1, 0.15) is 11.9 Å². The van der Waals surface area contributed by atoms with E-state index in [0.29, 0.717) is 10.9 Å². The molecule has 0 spiro atoms. The molecule has 2 N–H and O–H groups in total. The molecular weight excluding hydrogens is 412 g/mol. The van der Waals surface area contributed by atoms with E-state index in [2.05, 4.69) is 33.5 Å². The van der Waals surface area contributed by atoms with Crippen LogP contribution < -0.4 is 14.8 Å². The molecule has 1 saturated heterocycles. The third kappa shape index (κ3) is 4.09. The molecule has 2 aromatic carbocycles. The summed E-state index contributed by atoms with van der Waals surface area (Å²) in [6.07, 6.45) is 7.66. The number of ether oxygens (including phenoxy) is 2. The Morgan fingerprint density at radius 3 is 2.87 bits per heavy atom. The van der Waals surface area contributed by atoms with E-state index >= 15 is 0 Å². The van der Waals surface area contributed by atoms with Gasteiger partial charge in [-0.15, -0.1) is 0 Å². The Morgan fingerprint density at radius 2 is 2.03 bits per heavy atom. The fourth-order valence-electron chi connectivity index (χ4n) is 4.03. The Balaban J connectivity index is 1.52. The number of piperidine rings is 1. The standard InChI is InChI=1S/C24H23ClN4O2/c1-30-23-7-5-16(25)10-18(23)15-4-6-21-19(9-15)20(12-28-21)22-13-27-14-24(29-22)31-17-3-2-8-26-11-17/h4-7,9-10,12-14,17,26,28H,2-3,8,11H2,1H3/t17-/m1/s1. The number of hydrogen-bond acceptors (Lipinski definition) is 5. The SMILES string of the molecule is COc1ccc(Cl)cc1-c1ccc2[nH]cc(-c3cncc(O[C@@H]4CCCNC4)n3)c2c1. The van der Waals surface area contributed by atoms with Gasteiger partial charge in [0, 0.05) is 39.8 Å². The summed E-state index contributed by atoms with van der Waals surface area (Å²) in [6.45, 7) is 1.88. The Morgan fingerprint density at radius 1 is 1.10 bits per heavy atom. The summed E-state index contributed by atoms with van der Waals surface area (Å²) in [6, 6.07) is 11.9. The van der Waals surface area contributed by atoms with Crippen molar-refractivity contribution in [3.8, 4) is 34.0 Å². The highest BCUT2D eigenvalue weighted by molar-refractivity contribution is 6.31. The van der Waals surface area contributed by atoms with Gasteiger partial charge in [0.25, 0.3) is 0 Å². The van der Waals surface area contributed by atoms with Crippen molar-refractivity contribution in [3.63, 3.8) is 0 Å². The van der Waals surface area contributed by atoms with Gasteiger partial charge >= 0.3 is 0 Å². The quantitative estimate of drug-likeness (QED) is 0.458. The van der Waals surface area contributed by atoms with E-state index in [4.69, 9.17) is 26.1 Å². The van der Waals surface area contributed by atoms with Crippen LogP contribution in [0.1, 0.15) is 12.8 Å². The van der Waals surface area contributed by atoms with Crippen LogP contribution >= 0.6 is 11.6 Å². The molecule has 6 nitrogen and oxygen atoms in total. The van der Waals surface area contributed by atoms with E-state index < -0.39 is 0 Å². The lowest BCUT2D eigenvalue weighted by molar-refractivity contribution is 0.160. The van der Waals surface area contributed by atoms with Crippen molar-refractivity contribution >= 4 is 22.5 Å². The summed E-state index contributed by atoms with van der Waals surface area (Å²) in [4.78, 5) is 12.4. The smallest absolute Gasteiger partial charge is 0.233 e. The Hall–Kier alpha value is -3.09. The molecule has 1 aliphatic heterocycles. The summed E-state index contributed by atoms with van der Waals surface area (Å²) >= 11 is 6.25. The van der Waals surface area contributed by atoms with Crippen LogP contribution in [0.5, 0.6) is 11.6 Å². The Kier molecular flexibility index (Phi) is 5.49. The van der Waals surface area contributed by atoms with Gasteiger partial charge in [-0.2, -0.15) is 0 Å². The molecule has 1 fully saturated rings. The van der Waals surface area contributed by atoms with Crippen molar-refractivity contribution < 1.29 is 9.47 Å². The van der Waals surface area contributed by atoms with Gasteiger partial charge in [0.15, 0.2) is 0 Å². The molecule has 1 atom stereocenters. The van der Waals surface area contributed by atoms with Crippen LogP contribution in [0.15, 0.2) is 55.0 Å². The van der Waals surface area contributed by atoms with Gasteiger partial charge in [-0.05, 0) is 55.3 Å². The van der Waals surface area contributed by atoms with Crippen molar-refractivity contribution in [2.24, 2.45) is 0 Å². The summed E-state index contributed by atoms with van der Waals surface area (Å²) in [5, 5.41) is 5.07. The lowest BCUT2D eigenvalue weighted by atomic mass is 10.0. The summed E-state index contributed by atoms with van der Waals surface area (Å²) in [7, 11) is 1.66. The maximum absolute atomic E-state index is 6.25. The van der Waals surface area contributed by atoms with Gasteiger partial charge in [-0.1, -0.05) is 17.7 Å². The molecule has 1 aliphatic rings. The maximum Gasteiger partial charge on any atom is 0.233 e. The molecule has 3 heterocycles. The summed E-state index contributed by atoms with van der Waals surface area (Å²) < 4.78 is 11.6. The van der Waals surface area contributed by atoms with Crippen molar-refractivity contribution in [1.82, 2.24) is 20.3 Å². The van der Waals surface area contributed by atoms with Crippen LogP contribution in [0.25, 0.3) is 33.3 Å². The molecule has 31 heavy (non-hydrogen) atoms. The fourth-order valence-corrected chi connectivity index (χ4v) is 4.20. The van der Waals surface area contributed by atoms with Gasteiger partial charge in [0.2, 0.25) is 5.88 Å². The van der Waals surface area contributed by atoms with E-state index in [9.17, 15) is 0 Å². The van der Waals surface area contributed by atoms with E-state index in [1.54, 1.807) is 19.5 Å². The van der Waals surface area contributed by atoms with Crippen LogP contribution in [0, 0.1) is 0 Å². The first-order chi connectivity index (χ1) is 15.2. The molecule has 5 rings (SSSR count). The first-order valence-corrected chi connectivity index (χ1v) is 10.7. The molecule has 0 bridgehead atoms. The number of hydrogen-bond donors (Lipinski definition) is 2. The van der Waals surface area contributed by atoms with Crippen LogP contribution in [-0.2, 0) is 0 Å². The zero-order valence-electron chi connectivity index (χ0n) is 17.2. The van der Waals surface area contributed by atoms with Crippen molar-refractivity contribution in [2.45, 2.75) is 18.9 Å². The normalized spacial score (nSPS) is 16.4. The largest absolute Gasteiger partial charge is 0.496 e. The molecule has 0 amide bonds. The van der Waals surface area contributed by atoms with Crippen molar-refractivity contribution in [2.75, 3.05) is 20.2 Å². The van der Waals surface area contributed by atoms with Crippen molar-refractivity contribution in [3.05, 3.63) is 60.0 Å². The monoisotopic (exact) mass is 434 g/mol. The molecule has 0 aliphatic carbocycles. The molecule has 7 heteroatoms. The Bertz CT molecular complexity index is 1220. The number of fused-ring (bicyclic) bond motifs is 1. The van der Waals surface area contributed by atoms with E-state index in [1.165, 1.54) is 0 Å². The lowest BCUT2D eigenvalue weighted by Crippen LogP contribution is -2.37. The first kappa shape index (κ1) is 19.8. The van der Waals surface area contributed by atoms with Crippen LogP contribution in [0.3, 0.4) is 0 Å². The molecule has 0 unspecified atom stereocenters. The number of rotatable bonds is 5. The zero-order valence-corrected chi connectivity index (χ0v) is 17.9. The lowest BCUT2D eigenvalue weighted by Gasteiger charge is -2.23. The molecule has 0 radical (unpaired) electrons. The van der Waals surface area contributed by atoms with Crippen molar-refractivity contribution in [1.29, 1.82) is 0 Å². The number of nitrogens with zero attached hydrogens (tertiary/aromatic N) is 2. The second-order valence-electron chi connectivity index (χ2n) is 7.64. The highest BCUT2D eigenvalue weighted by Gasteiger charge is 2.17. The van der Waals surface area contributed by atoms with Gasteiger partial charge in [-0.25, -0.2) is 4.98 Å². The summed E-state index contributed by atoms with van der Waals surface area (Å²) in [5.74, 6) is 1.32. The number of nitrogens with one attached hydrogen (secondary N) is 2. The molecule has 4 aromatic rings. The maximum atomic E-state index is 6.25. The number of benzene rings is 2. The van der Waals surface area contributed by atoms with Crippen LogP contribution in [0.2, 0.25) is 5.02 Å². The van der Waals surface area contributed by atoms with E-state index in [1.807, 2.05) is 24.4 Å². The topological polar surface area (TPSA) is 72.1 Å². The molecule has 2 aromatic heterocycles. The minimum atomic E-state index is 0.128. The minimum Gasteiger partial charge on any atom is -0.496 e. The van der Waals surface area contributed by atoms with E-state index in [0.717, 1.165) is 65.0 Å². The third-order valence-electron chi connectivity index (χ3n) is 5.58.